The van der Waals surface area contributed by atoms with Gasteiger partial charge in [-0.3, -0.25) is 0 Å². The summed E-state index contributed by atoms with van der Waals surface area (Å²) in [5.74, 6) is 1.64. The number of unbranched alkanes of at least 4 members (excludes halogenated alkanes) is 2. The van der Waals surface area contributed by atoms with Gasteiger partial charge in [-0.15, -0.1) is 0 Å². The lowest BCUT2D eigenvalue weighted by Gasteiger charge is -2.25. The fraction of sp³-hybridized carbons (Fsp3) is 0.647. The number of nitrogens with zero attached hydrogens (tertiary/aromatic N) is 1. The van der Waals surface area contributed by atoms with Gasteiger partial charge in [0.25, 0.3) is 0 Å². The highest BCUT2D eigenvalue weighted by Crippen LogP contribution is 2.33. The maximum absolute atomic E-state index is 6.40. The van der Waals surface area contributed by atoms with Crippen LogP contribution in [0.3, 0.4) is 0 Å². The number of fused-ring (bicyclic) bond motifs is 1. The Morgan fingerprint density at radius 1 is 1.10 bits per heavy atom. The van der Waals surface area contributed by atoms with E-state index in [1.807, 2.05) is 12.1 Å². The van der Waals surface area contributed by atoms with Crippen LogP contribution in [0.15, 0.2) is 18.2 Å². The highest BCUT2D eigenvalue weighted by molar-refractivity contribution is 5.45. The van der Waals surface area contributed by atoms with E-state index < -0.39 is 0 Å². The van der Waals surface area contributed by atoms with Crippen LogP contribution in [0.1, 0.15) is 51.1 Å². The molecule has 0 radical (unpaired) electrons. The van der Waals surface area contributed by atoms with Crippen molar-refractivity contribution in [1.29, 1.82) is 0 Å². The summed E-state index contributed by atoms with van der Waals surface area (Å²) < 4.78 is 10.8. The van der Waals surface area contributed by atoms with Crippen molar-refractivity contribution in [1.82, 2.24) is 4.90 Å². The fourth-order valence-corrected chi connectivity index (χ4v) is 2.59. The largest absolute Gasteiger partial charge is 0.454 e. The van der Waals surface area contributed by atoms with Crippen molar-refractivity contribution in [3.05, 3.63) is 23.8 Å². The second-order valence-corrected chi connectivity index (χ2v) is 5.73. The average molecular weight is 292 g/mol. The number of hydrogen-bond acceptors (Lipinski definition) is 4. The minimum absolute atomic E-state index is 0.0215. The summed E-state index contributed by atoms with van der Waals surface area (Å²) in [6.07, 6.45) is 4.92. The molecule has 0 saturated carbocycles. The van der Waals surface area contributed by atoms with Gasteiger partial charge in [-0.25, -0.2) is 0 Å². The van der Waals surface area contributed by atoms with Crippen LogP contribution < -0.4 is 15.2 Å². The summed E-state index contributed by atoms with van der Waals surface area (Å²) in [4.78, 5) is 2.49. The van der Waals surface area contributed by atoms with Gasteiger partial charge in [0.1, 0.15) is 0 Å². The smallest absolute Gasteiger partial charge is 0.231 e. The third-order valence-electron chi connectivity index (χ3n) is 3.94. The predicted octanol–water partition coefficient (Wildman–Crippen LogP) is 3.32. The average Bonchev–Trinajstić information content (AvgIpc) is 2.97. The van der Waals surface area contributed by atoms with Gasteiger partial charge in [0.2, 0.25) is 6.79 Å². The fourth-order valence-electron chi connectivity index (χ4n) is 2.59. The van der Waals surface area contributed by atoms with Crippen molar-refractivity contribution < 1.29 is 9.47 Å². The van der Waals surface area contributed by atoms with E-state index in [0.29, 0.717) is 6.79 Å². The van der Waals surface area contributed by atoms with Crippen LogP contribution in [0.25, 0.3) is 0 Å². The molecule has 0 saturated heterocycles. The molecule has 0 aliphatic carbocycles. The van der Waals surface area contributed by atoms with Gasteiger partial charge in [-0.1, -0.05) is 32.8 Å². The summed E-state index contributed by atoms with van der Waals surface area (Å²) in [5, 5.41) is 0. The lowest BCUT2D eigenvalue weighted by Crippen LogP contribution is -2.33. The molecule has 1 heterocycles. The minimum Gasteiger partial charge on any atom is -0.454 e. The molecule has 0 spiro atoms. The molecule has 1 aliphatic heterocycles. The van der Waals surface area contributed by atoms with Gasteiger partial charge >= 0.3 is 0 Å². The summed E-state index contributed by atoms with van der Waals surface area (Å²) in [5.41, 5.74) is 7.52. The second kappa shape index (κ2) is 8.25. The van der Waals surface area contributed by atoms with Crippen molar-refractivity contribution in [3.8, 4) is 11.5 Å². The lowest BCUT2D eigenvalue weighted by atomic mass is 10.1. The Morgan fingerprint density at radius 2 is 1.76 bits per heavy atom. The molecule has 0 amide bonds. The quantitative estimate of drug-likeness (QED) is 0.758. The van der Waals surface area contributed by atoms with Crippen molar-refractivity contribution in [2.45, 2.75) is 45.6 Å². The van der Waals surface area contributed by atoms with Crippen LogP contribution in [0, 0.1) is 0 Å². The number of nitrogens with two attached hydrogens (primary N) is 1. The molecule has 1 atom stereocenters. The third kappa shape index (κ3) is 4.61. The zero-order chi connectivity index (χ0) is 15.1. The molecule has 1 aromatic rings. The molecule has 118 valence electrons. The lowest BCUT2D eigenvalue weighted by molar-refractivity contribution is 0.174. The molecule has 0 bridgehead atoms. The van der Waals surface area contributed by atoms with Crippen molar-refractivity contribution in [2.24, 2.45) is 5.73 Å². The SMILES string of the molecule is CCCCN(CCCC)CC(N)c1ccc2c(c1)OCO2. The molecule has 2 N–H and O–H groups in total. The Labute approximate surface area is 128 Å². The summed E-state index contributed by atoms with van der Waals surface area (Å²) in [6, 6.07) is 6.05. The molecule has 1 aromatic carbocycles. The first-order chi connectivity index (χ1) is 10.2. The molecule has 1 aliphatic rings. The molecule has 21 heavy (non-hydrogen) atoms. The molecule has 0 fully saturated rings. The summed E-state index contributed by atoms with van der Waals surface area (Å²) in [7, 11) is 0. The molecule has 2 rings (SSSR count). The van der Waals surface area contributed by atoms with E-state index in [-0.39, 0.29) is 6.04 Å². The second-order valence-electron chi connectivity index (χ2n) is 5.73. The Hall–Kier alpha value is -1.26. The highest BCUT2D eigenvalue weighted by Gasteiger charge is 2.17. The van der Waals surface area contributed by atoms with Crippen LogP contribution in [0.2, 0.25) is 0 Å². The van der Waals surface area contributed by atoms with E-state index in [1.54, 1.807) is 0 Å². The Bertz CT molecular complexity index is 429. The maximum Gasteiger partial charge on any atom is 0.231 e. The van der Waals surface area contributed by atoms with Gasteiger partial charge < -0.3 is 20.1 Å². The maximum atomic E-state index is 6.40. The van der Waals surface area contributed by atoms with Gasteiger partial charge in [-0.05, 0) is 43.6 Å². The van der Waals surface area contributed by atoms with Crippen LogP contribution in [-0.2, 0) is 0 Å². The first-order valence-electron chi connectivity index (χ1n) is 8.12. The van der Waals surface area contributed by atoms with Crippen LogP contribution in [-0.4, -0.2) is 31.3 Å². The molecule has 4 nitrogen and oxygen atoms in total. The Kier molecular flexibility index (Phi) is 6.33. The van der Waals surface area contributed by atoms with Crippen LogP contribution >= 0.6 is 0 Å². The van der Waals surface area contributed by atoms with E-state index in [4.69, 9.17) is 15.2 Å². The zero-order valence-corrected chi connectivity index (χ0v) is 13.3. The van der Waals surface area contributed by atoms with Gasteiger partial charge in [0, 0.05) is 12.6 Å². The number of rotatable bonds is 9. The molecule has 1 unspecified atom stereocenters. The zero-order valence-electron chi connectivity index (χ0n) is 13.3. The standard InChI is InChI=1S/C17H28N2O2/c1-3-5-9-19(10-6-4-2)12-15(18)14-7-8-16-17(11-14)21-13-20-16/h7-8,11,15H,3-6,9-10,12-13,18H2,1-2H3. The van der Waals surface area contributed by atoms with E-state index in [9.17, 15) is 0 Å². The van der Waals surface area contributed by atoms with Crippen LogP contribution in [0.5, 0.6) is 11.5 Å². The van der Waals surface area contributed by atoms with Crippen molar-refractivity contribution in [3.63, 3.8) is 0 Å². The van der Waals surface area contributed by atoms with E-state index in [2.05, 4.69) is 24.8 Å². The van der Waals surface area contributed by atoms with Crippen molar-refractivity contribution >= 4 is 0 Å². The van der Waals surface area contributed by atoms with E-state index in [0.717, 1.165) is 36.7 Å². The normalized spacial score (nSPS) is 14.7. The molecular weight excluding hydrogens is 264 g/mol. The monoisotopic (exact) mass is 292 g/mol. The van der Waals surface area contributed by atoms with Crippen molar-refractivity contribution in [2.75, 3.05) is 26.4 Å². The first-order valence-corrected chi connectivity index (χ1v) is 8.12. The first kappa shape index (κ1) is 16.1. The van der Waals surface area contributed by atoms with Crippen LogP contribution in [0.4, 0.5) is 0 Å². The topological polar surface area (TPSA) is 47.7 Å². The molecule has 0 aromatic heterocycles. The molecule has 4 heteroatoms. The third-order valence-corrected chi connectivity index (χ3v) is 3.94. The number of benzene rings is 1. The molecular formula is C17H28N2O2. The minimum atomic E-state index is 0.0215. The summed E-state index contributed by atoms with van der Waals surface area (Å²) >= 11 is 0. The van der Waals surface area contributed by atoms with Gasteiger partial charge in [0.05, 0.1) is 0 Å². The predicted molar refractivity (Wildman–Crippen MR) is 85.7 cm³/mol. The Morgan fingerprint density at radius 3 is 2.43 bits per heavy atom. The number of ether oxygens (including phenoxy) is 2. The van der Waals surface area contributed by atoms with Gasteiger partial charge in [0.15, 0.2) is 11.5 Å². The Balaban J connectivity index is 1.95. The highest BCUT2D eigenvalue weighted by atomic mass is 16.7. The van der Waals surface area contributed by atoms with E-state index in [1.165, 1.54) is 25.7 Å². The van der Waals surface area contributed by atoms with Gasteiger partial charge in [-0.2, -0.15) is 0 Å². The van der Waals surface area contributed by atoms with E-state index >= 15 is 0 Å². The number of hydrogen-bond donors (Lipinski definition) is 1. The summed E-state index contributed by atoms with van der Waals surface area (Å²) in [6.45, 7) is 7.95.